The number of nitrogens with zero attached hydrogens (tertiary/aromatic N) is 1. The molecule has 114 valence electrons. The van der Waals surface area contributed by atoms with E-state index in [1.54, 1.807) is 13.1 Å². The molecule has 0 aliphatic rings. The smallest absolute Gasteiger partial charge is 0.207 e. The molecular formula is C15H18BrNO2S2. The van der Waals surface area contributed by atoms with Crippen molar-refractivity contribution in [3.05, 3.63) is 50.1 Å². The molecule has 0 spiro atoms. The summed E-state index contributed by atoms with van der Waals surface area (Å²) in [5.74, 6) is 0. The SMILES string of the molecule is CCc1ccc(CN(C)S(=O)(=O)c2cc(Br)sc2C)cc1. The number of thiophene rings is 1. The Kier molecular flexibility index (Phi) is 5.24. The first-order valence-electron chi connectivity index (χ1n) is 6.64. The van der Waals surface area contributed by atoms with Crippen LogP contribution in [0.4, 0.5) is 0 Å². The number of sulfonamides is 1. The number of hydrogen-bond donors (Lipinski definition) is 0. The molecule has 0 bridgehead atoms. The summed E-state index contributed by atoms with van der Waals surface area (Å²) in [5, 5.41) is 0. The van der Waals surface area contributed by atoms with Gasteiger partial charge in [0.25, 0.3) is 0 Å². The highest BCUT2D eigenvalue weighted by Crippen LogP contribution is 2.31. The van der Waals surface area contributed by atoms with Crippen molar-refractivity contribution in [3.8, 4) is 0 Å². The van der Waals surface area contributed by atoms with Gasteiger partial charge in [0.1, 0.15) is 0 Å². The quantitative estimate of drug-likeness (QED) is 0.770. The van der Waals surface area contributed by atoms with Crippen molar-refractivity contribution in [1.29, 1.82) is 0 Å². The Hall–Kier alpha value is -0.690. The van der Waals surface area contributed by atoms with E-state index in [1.807, 2.05) is 31.2 Å². The van der Waals surface area contributed by atoms with Gasteiger partial charge < -0.3 is 0 Å². The molecule has 21 heavy (non-hydrogen) atoms. The van der Waals surface area contributed by atoms with E-state index in [0.717, 1.165) is 20.6 Å². The van der Waals surface area contributed by atoms with Crippen LogP contribution in [0, 0.1) is 6.92 Å². The molecule has 0 aliphatic carbocycles. The second-order valence-electron chi connectivity index (χ2n) is 4.90. The average Bonchev–Trinajstić information content (AvgIpc) is 2.79. The fraction of sp³-hybridized carbons (Fsp3) is 0.333. The number of rotatable bonds is 5. The summed E-state index contributed by atoms with van der Waals surface area (Å²) in [6.45, 7) is 4.30. The van der Waals surface area contributed by atoms with Gasteiger partial charge in [-0.05, 0) is 46.5 Å². The largest absolute Gasteiger partial charge is 0.244 e. The van der Waals surface area contributed by atoms with Crippen LogP contribution in [-0.2, 0) is 23.0 Å². The molecular weight excluding hydrogens is 370 g/mol. The van der Waals surface area contributed by atoms with Crippen LogP contribution < -0.4 is 0 Å². The zero-order valence-corrected chi connectivity index (χ0v) is 15.5. The zero-order valence-electron chi connectivity index (χ0n) is 12.3. The molecule has 1 heterocycles. The Morgan fingerprint density at radius 2 is 1.76 bits per heavy atom. The van der Waals surface area contributed by atoms with E-state index < -0.39 is 10.0 Å². The molecule has 0 saturated heterocycles. The number of hydrogen-bond acceptors (Lipinski definition) is 3. The monoisotopic (exact) mass is 387 g/mol. The summed E-state index contributed by atoms with van der Waals surface area (Å²) in [4.78, 5) is 1.18. The van der Waals surface area contributed by atoms with Gasteiger partial charge >= 0.3 is 0 Å². The topological polar surface area (TPSA) is 37.4 Å². The van der Waals surface area contributed by atoms with Gasteiger partial charge in [0, 0.05) is 18.5 Å². The Labute approximate surface area is 138 Å². The minimum Gasteiger partial charge on any atom is -0.207 e. The molecule has 0 saturated carbocycles. The maximum absolute atomic E-state index is 12.6. The van der Waals surface area contributed by atoms with E-state index >= 15 is 0 Å². The van der Waals surface area contributed by atoms with E-state index in [2.05, 4.69) is 22.9 Å². The van der Waals surface area contributed by atoms with Gasteiger partial charge in [-0.2, -0.15) is 4.31 Å². The van der Waals surface area contributed by atoms with Crippen LogP contribution in [-0.4, -0.2) is 19.8 Å². The van der Waals surface area contributed by atoms with Gasteiger partial charge in [-0.3, -0.25) is 0 Å². The Morgan fingerprint density at radius 3 is 2.24 bits per heavy atom. The predicted molar refractivity (Wildman–Crippen MR) is 91.2 cm³/mol. The molecule has 0 radical (unpaired) electrons. The maximum Gasteiger partial charge on any atom is 0.244 e. The van der Waals surface area contributed by atoms with Crippen molar-refractivity contribution in [2.24, 2.45) is 0 Å². The highest BCUT2D eigenvalue weighted by atomic mass is 79.9. The minimum absolute atomic E-state index is 0.374. The van der Waals surface area contributed by atoms with Crippen molar-refractivity contribution in [1.82, 2.24) is 4.31 Å². The summed E-state index contributed by atoms with van der Waals surface area (Å²) >= 11 is 4.78. The van der Waals surface area contributed by atoms with Gasteiger partial charge in [-0.1, -0.05) is 31.2 Å². The molecule has 6 heteroatoms. The van der Waals surface area contributed by atoms with Crippen LogP contribution in [0.3, 0.4) is 0 Å². The van der Waals surface area contributed by atoms with Crippen molar-refractivity contribution in [2.75, 3.05) is 7.05 Å². The predicted octanol–water partition coefficient (Wildman–Crippen LogP) is 4.20. The molecule has 2 aromatic rings. The summed E-state index contributed by atoms with van der Waals surface area (Å²) in [7, 11) is -1.83. The van der Waals surface area contributed by atoms with E-state index in [1.165, 1.54) is 21.2 Å². The van der Waals surface area contributed by atoms with Crippen LogP contribution in [0.5, 0.6) is 0 Å². The minimum atomic E-state index is -3.45. The third-order valence-corrected chi connectivity index (χ3v) is 6.98. The summed E-state index contributed by atoms with van der Waals surface area (Å²) in [6, 6.07) is 9.74. The highest BCUT2D eigenvalue weighted by molar-refractivity contribution is 9.11. The molecule has 0 unspecified atom stereocenters. The standard InChI is InChI=1S/C15H18BrNO2S2/c1-4-12-5-7-13(8-6-12)10-17(3)21(18,19)14-9-15(16)20-11(14)2/h5-9H,4,10H2,1-3H3. The third kappa shape index (κ3) is 3.74. The molecule has 0 atom stereocenters. The molecule has 0 aliphatic heterocycles. The number of aryl methyl sites for hydroxylation is 2. The molecule has 1 aromatic carbocycles. The van der Waals surface area contributed by atoms with Gasteiger partial charge in [0.05, 0.1) is 8.68 Å². The zero-order chi connectivity index (χ0) is 15.6. The van der Waals surface area contributed by atoms with Crippen LogP contribution in [0.25, 0.3) is 0 Å². The Bertz CT molecular complexity index is 721. The average molecular weight is 388 g/mol. The van der Waals surface area contributed by atoms with Gasteiger partial charge in [0.2, 0.25) is 10.0 Å². The molecule has 0 amide bonds. The van der Waals surface area contributed by atoms with Gasteiger partial charge in [-0.15, -0.1) is 11.3 Å². The van der Waals surface area contributed by atoms with E-state index in [9.17, 15) is 8.42 Å². The van der Waals surface area contributed by atoms with E-state index in [0.29, 0.717) is 11.4 Å². The first-order valence-corrected chi connectivity index (χ1v) is 9.69. The van der Waals surface area contributed by atoms with Crippen molar-refractivity contribution < 1.29 is 8.42 Å². The van der Waals surface area contributed by atoms with Crippen molar-refractivity contribution in [2.45, 2.75) is 31.7 Å². The lowest BCUT2D eigenvalue weighted by atomic mass is 10.1. The van der Waals surface area contributed by atoms with Crippen molar-refractivity contribution >= 4 is 37.3 Å². The molecule has 3 nitrogen and oxygen atoms in total. The second-order valence-corrected chi connectivity index (χ2v) is 9.55. The first-order chi connectivity index (χ1) is 9.84. The second kappa shape index (κ2) is 6.60. The van der Waals surface area contributed by atoms with Crippen LogP contribution in [0.2, 0.25) is 0 Å². The molecule has 0 fully saturated rings. The molecule has 0 N–H and O–H groups in total. The maximum atomic E-state index is 12.6. The fourth-order valence-corrected chi connectivity index (χ4v) is 5.62. The third-order valence-electron chi connectivity index (χ3n) is 3.37. The van der Waals surface area contributed by atoms with Crippen LogP contribution in [0.1, 0.15) is 22.9 Å². The van der Waals surface area contributed by atoms with E-state index in [4.69, 9.17) is 0 Å². The van der Waals surface area contributed by atoms with Crippen molar-refractivity contribution in [3.63, 3.8) is 0 Å². The van der Waals surface area contributed by atoms with Crippen LogP contribution >= 0.6 is 27.3 Å². The lowest BCUT2D eigenvalue weighted by Crippen LogP contribution is -2.26. The number of benzene rings is 1. The lowest BCUT2D eigenvalue weighted by molar-refractivity contribution is 0.466. The van der Waals surface area contributed by atoms with Gasteiger partial charge in [0.15, 0.2) is 0 Å². The summed E-state index contributed by atoms with van der Waals surface area (Å²) in [6.07, 6.45) is 0.983. The fourth-order valence-electron chi connectivity index (χ4n) is 2.08. The summed E-state index contributed by atoms with van der Waals surface area (Å²) in [5.41, 5.74) is 2.24. The molecule has 1 aromatic heterocycles. The summed E-state index contributed by atoms with van der Waals surface area (Å²) < 4.78 is 27.4. The van der Waals surface area contributed by atoms with E-state index in [-0.39, 0.29) is 0 Å². The first kappa shape index (κ1) is 16.7. The lowest BCUT2D eigenvalue weighted by Gasteiger charge is -2.17. The number of halogens is 1. The normalized spacial score (nSPS) is 12.0. The highest BCUT2D eigenvalue weighted by Gasteiger charge is 2.24. The molecule has 2 rings (SSSR count). The van der Waals surface area contributed by atoms with Gasteiger partial charge in [-0.25, -0.2) is 8.42 Å². The Morgan fingerprint density at radius 1 is 1.19 bits per heavy atom. The van der Waals surface area contributed by atoms with Crippen LogP contribution in [0.15, 0.2) is 39.0 Å². The Balaban J connectivity index is 2.22.